The van der Waals surface area contributed by atoms with E-state index in [1.165, 1.54) is 0 Å². The van der Waals surface area contributed by atoms with Crippen LogP contribution in [0.15, 0.2) is 24.4 Å². The molecule has 1 saturated heterocycles. The molecule has 2 atom stereocenters. The van der Waals surface area contributed by atoms with E-state index in [0.717, 1.165) is 19.0 Å². The maximum absolute atomic E-state index is 5.96. The van der Waals surface area contributed by atoms with Crippen LogP contribution in [0.2, 0.25) is 0 Å². The van der Waals surface area contributed by atoms with Crippen molar-refractivity contribution in [3.63, 3.8) is 0 Å². The molecule has 94 valence electrons. The van der Waals surface area contributed by atoms with Crippen molar-refractivity contribution >= 4 is 0 Å². The van der Waals surface area contributed by atoms with Gasteiger partial charge in [-0.05, 0) is 26.8 Å². The van der Waals surface area contributed by atoms with Gasteiger partial charge in [0.15, 0.2) is 0 Å². The van der Waals surface area contributed by atoms with Gasteiger partial charge in [0.25, 0.3) is 0 Å². The van der Waals surface area contributed by atoms with Crippen molar-refractivity contribution < 1.29 is 4.74 Å². The Bertz CT molecular complexity index is 358. The van der Waals surface area contributed by atoms with Crippen LogP contribution in [0.5, 0.6) is 5.88 Å². The van der Waals surface area contributed by atoms with E-state index >= 15 is 0 Å². The van der Waals surface area contributed by atoms with Crippen LogP contribution >= 0.6 is 0 Å². The zero-order valence-electron chi connectivity index (χ0n) is 11.2. The Hall–Kier alpha value is -1.09. The summed E-state index contributed by atoms with van der Waals surface area (Å²) >= 11 is 0. The quantitative estimate of drug-likeness (QED) is 0.786. The van der Waals surface area contributed by atoms with Crippen LogP contribution < -0.4 is 4.74 Å². The molecule has 3 nitrogen and oxygen atoms in total. The topological polar surface area (TPSA) is 25.4 Å². The molecule has 1 aliphatic rings. The van der Waals surface area contributed by atoms with Gasteiger partial charge in [-0.1, -0.05) is 13.0 Å². The van der Waals surface area contributed by atoms with Gasteiger partial charge in [-0.3, -0.25) is 4.90 Å². The maximum atomic E-state index is 5.96. The highest BCUT2D eigenvalue weighted by atomic mass is 16.5. The molecule has 0 aliphatic carbocycles. The van der Waals surface area contributed by atoms with Gasteiger partial charge >= 0.3 is 0 Å². The lowest BCUT2D eigenvalue weighted by Gasteiger charge is -2.31. The number of nitrogens with zero attached hydrogens (tertiary/aromatic N) is 2. The Balaban J connectivity index is 2.00. The zero-order chi connectivity index (χ0) is 12.5. The Labute approximate surface area is 104 Å². The second-order valence-corrected chi connectivity index (χ2v) is 5.88. The van der Waals surface area contributed by atoms with E-state index in [1.54, 1.807) is 6.20 Å². The van der Waals surface area contributed by atoms with E-state index in [9.17, 15) is 0 Å². The molecule has 2 heterocycles. The molecule has 3 heteroatoms. The second kappa shape index (κ2) is 4.65. The third-order valence-electron chi connectivity index (χ3n) is 3.40. The van der Waals surface area contributed by atoms with Crippen LogP contribution in [0.4, 0.5) is 0 Å². The lowest BCUT2D eigenvalue weighted by Crippen LogP contribution is -2.40. The average molecular weight is 234 g/mol. The fourth-order valence-electron chi connectivity index (χ4n) is 2.21. The average Bonchev–Trinajstić information content (AvgIpc) is 2.62. The van der Waals surface area contributed by atoms with E-state index in [-0.39, 0.29) is 11.6 Å². The van der Waals surface area contributed by atoms with Gasteiger partial charge in [-0.25, -0.2) is 4.98 Å². The summed E-state index contributed by atoms with van der Waals surface area (Å²) in [5.41, 5.74) is 0.219. The van der Waals surface area contributed by atoms with Crippen LogP contribution in [0.25, 0.3) is 0 Å². The largest absolute Gasteiger partial charge is 0.473 e. The molecule has 0 bridgehead atoms. The summed E-state index contributed by atoms with van der Waals surface area (Å²) < 4.78 is 5.96. The SMILES string of the molecule is CC1CN(C(C)(C)C)CC1Oc1ccccn1. The lowest BCUT2D eigenvalue weighted by atomic mass is 10.1. The number of pyridine rings is 1. The van der Waals surface area contributed by atoms with Crippen molar-refractivity contribution in [2.24, 2.45) is 5.92 Å². The molecular formula is C14H22N2O. The predicted molar refractivity (Wildman–Crippen MR) is 69.1 cm³/mol. The summed E-state index contributed by atoms with van der Waals surface area (Å²) in [5.74, 6) is 1.29. The molecule has 0 amide bonds. The summed E-state index contributed by atoms with van der Waals surface area (Å²) in [7, 11) is 0. The zero-order valence-corrected chi connectivity index (χ0v) is 11.2. The number of ether oxygens (including phenoxy) is 1. The molecule has 1 aromatic rings. The molecule has 0 aromatic carbocycles. The molecule has 1 aliphatic heterocycles. The van der Waals surface area contributed by atoms with Crippen molar-refractivity contribution in [1.29, 1.82) is 0 Å². The predicted octanol–water partition coefficient (Wildman–Crippen LogP) is 2.58. The third-order valence-corrected chi connectivity index (χ3v) is 3.40. The minimum absolute atomic E-state index is 0.219. The van der Waals surface area contributed by atoms with Crippen molar-refractivity contribution in [1.82, 2.24) is 9.88 Å². The number of aromatic nitrogens is 1. The lowest BCUT2D eigenvalue weighted by molar-refractivity contribution is 0.135. The first-order chi connectivity index (χ1) is 7.97. The first kappa shape index (κ1) is 12.4. The van der Waals surface area contributed by atoms with E-state index < -0.39 is 0 Å². The fourth-order valence-corrected chi connectivity index (χ4v) is 2.21. The van der Waals surface area contributed by atoms with Crippen molar-refractivity contribution in [3.05, 3.63) is 24.4 Å². The minimum atomic E-state index is 0.219. The van der Waals surface area contributed by atoms with Gasteiger partial charge in [0.2, 0.25) is 5.88 Å². The Morgan fingerprint density at radius 3 is 2.59 bits per heavy atom. The maximum Gasteiger partial charge on any atom is 0.213 e. The van der Waals surface area contributed by atoms with E-state index in [2.05, 4.69) is 37.6 Å². The molecule has 2 unspecified atom stereocenters. The van der Waals surface area contributed by atoms with Gasteiger partial charge in [0.1, 0.15) is 6.10 Å². The first-order valence-electron chi connectivity index (χ1n) is 6.29. The molecule has 0 saturated carbocycles. The van der Waals surface area contributed by atoms with Gasteiger partial charge in [0.05, 0.1) is 0 Å². The monoisotopic (exact) mass is 234 g/mol. The fraction of sp³-hybridized carbons (Fsp3) is 0.643. The molecule has 1 aromatic heterocycles. The molecule has 17 heavy (non-hydrogen) atoms. The summed E-state index contributed by atoms with van der Waals surface area (Å²) in [6, 6.07) is 5.79. The van der Waals surface area contributed by atoms with Crippen LogP contribution in [-0.2, 0) is 0 Å². The Morgan fingerprint density at radius 1 is 1.29 bits per heavy atom. The summed E-state index contributed by atoms with van der Waals surface area (Å²) in [4.78, 5) is 6.70. The highest BCUT2D eigenvalue weighted by Gasteiger charge is 2.36. The van der Waals surface area contributed by atoms with Crippen LogP contribution in [0.1, 0.15) is 27.7 Å². The summed E-state index contributed by atoms with van der Waals surface area (Å²) in [6.45, 7) is 11.1. The first-order valence-corrected chi connectivity index (χ1v) is 6.29. The van der Waals surface area contributed by atoms with Crippen molar-refractivity contribution in [3.8, 4) is 5.88 Å². The van der Waals surface area contributed by atoms with Crippen molar-refractivity contribution in [2.75, 3.05) is 13.1 Å². The standard InChI is InChI=1S/C14H22N2O/c1-11-9-16(14(2,3)4)10-12(11)17-13-7-5-6-8-15-13/h5-8,11-12H,9-10H2,1-4H3. The van der Waals surface area contributed by atoms with Gasteiger partial charge in [-0.15, -0.1) is 0 Å². The Morgan fingerprint density at radius 2 is 2.06 bits per heavy atom. The molecule has 2 rings (SSSR count). The smallest absolute Gasteiger partial charge is 0.213 e. The molecular weight excluding hydrogens is 212 g/mol. The van der Waals surface area contributed by atoms with Gasteiger partial charge in [-0.2, -0.15) is 0 Å². The number of rotatable bonds is 2. The van der Waals surface area contributed by atoms with E-state index in [4.69, 9.17) is 4.74 Å². The Kier molecular flexibility index (Phi) is 3.38. The molecule has 1 fully saturated rings. The van der Waals surface area contributed by atoms with Crippen LogP contribution in [0, 0.1) is 5.92 Å². The molecule has 0 N–H and O–H groups in total. The van der Waals surface area contributed by atoms with Crippen LogP contribution in [0.3, 0.4) is 0 Å². The molecule has 0 spiro atoms. The molecule has 0 radical (unpaired) electrons. The van der Waals surface area contributed by atoms with E-state index in [0.29, 0.717) is 5.92 Å². The highest BCUT2D eigenvalue weighted by molar-refractivity contribution is 5.10. The normalized spacial score (nSPS) is 26.1. The van der Waals surface area contributed by atoms with Gasteiger partial charge < -0.3 is 4.74 Å². The number of likely N-dealkylation sites (tertiary alicyclic amines) is 1. The second-order valence-electron chi connectivity index (χ2n) is 5.88. The number of hydrogen-bond acceptors (Lipinski definition) is 3. The number of hydrogen-bond donors (Lipinski definition) is 0. The third kappa shape index (κ3) is 2.97. The summed E-state index contributed by atoms with van der Waals surface area (Å²) in [5, 5.41) is 0. The minimum Gasteiger partial charge on any atom is -0.473 e. The van der Waals surface area contributed by atoms with Gasteiger partial charge in [0, 0.05) is 36.8 Å². The summed E-state index contributed by atoms with van der Waals surface area (Å²) in [6.07, 6.45) is 2.03. The van der Waals surface area contributed by atoms with Crippen molar-refractivity contribution in [2.45, 2.75) is 39.3 Å². The van der Waals surface area contributed by atoms with Crippen LogP contribution in [-0.4, -0.2) is 34.6 Å². The van der Waals surface area contributed by atoms with E-state index in [1.807, 2.05) is 18.2 Å². The highest BCUT2D eigenvalue weighted by Crippen LogP contribution is 2.27.